The Kier molecular flexibility index (Phi) is 3.47. The molecule has 2 unspecified atom stereocenters. The van der Waals surface area contributed by atoms with Crippen LogP contribution in [0.4, 0.5) is 4.79 Å². The Hall–Kier alpha value is -1.84. The Morgan fingerprint density at radius 2 is 2.05 bits per heavy atom. The van der Waals surface area contributed by atoms with Crippen molar-refractivity contribution >= 4 is 11.9 Å². The number of hydrogen-bond donors (Lipinski definition) is 0. The molecule has 2 fully saturated rings. The van der Waals surface area contributed by atoms with E-state index >= 15 is 0 Å². The van der Waals surface area contributed by atoms with Crippen LogP contribution < -0.4 is 0 Å². The summed E-state index contributed by atoms with van der Waals surface area (Å²) in [5.41, 5.74) is 0.542. The molecule has 0 aromatic heterocycles. The van der Waals surface area contributed by atoms with Crippen LogP contribution in [0.3, 0.4) is 0 Å². The van der Waals surface area contributed by atoms with Crippen molar-refractivity contribution in [2.24, 2.45) is 11.3 Å². The van der Waals surface area contributed by atoms with Gasteiger partial charge in [-0.2, -0.15) is 0 Å². The van der Waals surface area contributed by atoms with Crippen molar-refractivity contribution in [3.05, 3.63) is 35.9 Å². The lowest BCUT2D eigenvalue weighted by atomic mass is 9.55. The van der Waals surface area contributed by atoms with Gasteiger partial charge in [0.05, 0.1) is 6.04 Å². The normalized spacial score (nSPS) is 26.8. The third-order valence-electron chi connectivity index (χ3n) is 4.78. The van der Waals surface area contributed by atoms with E-state index in [1.54, 1.807) is 4.90 Å². The lowest BCUT2D eigenvalue weighted by Gasteiger charge is -2.56. The van der Waals surface area contributed by atoms with Crippen LogP contribution in [0.1, 0.15) is 32.3 Å². The first-order valence-corrected chi connectivity index (χ1v) is 7.53. The molecule has 1 aromatic rings. The second kappa shape index (κ2) is 5.17. The molecule has 1 saturated carbocycles. The number of ether oxygens (including phenoxy) is 1. The van der Waals surface area contributed by atoms with Crippen molar-refractivity contribution in [2.45, 2.75) is 39.3 Å². The number of Topliss-reactive ketones (excluding diaryl/α,β-unsaturated/α-hetero) is 1. The maximum Gasteiger partial charge on any atom is 0.410 e. The Morgan fingerprint density at radius 1 is 1.33 bits per heavy atom. The van der Waals surface area contributed by atoms with Gasteiger partial charge >= 0.3 is 6.09 Å². The van der Waals surface area contributed by atoms with Crippen molar-refractivity contribution in [2.75, 3.05) is 6.54 Å². The van der Waals surface area contributed by atoms with Crippen LogP contribution in [-0.4, -0.2) is 29.4 Å². The fourth-order valence-electron chi connectivity index (χ4n) is 3.70. The van der Waals surface area contributed by atoms with Crippen molar-refractivity contribution < 1.29 is 14.3 Å². The van der Waals surface area contributed by atoms with Gasteiger partial charge in [0.15, 0.2) is 0 Å². The van der Waals surface area contributed by atoms with E-state index in [4.69, 9.17) is 4.74 Å². The molecule has 0 bridgehead atoms. The van der Waals surface area contributed by atoms with Crippen LogP contribution in [-0.2, 0) is 16.1 Å². The zero-order chi connectivity index (χ0) is 15.0. The molecular weight excluding hydrogens is 266 g/mol. The summed E-state index contributed by atoms with van der Waals surface area (Å²) in [6.07, 6.45) is 1.48. The molecule has 0 N–H and O–H groups in total. The topological polar surface area (TPSA) is 46.6 Å². The molecule has 1 aliphatic carbocycles. The lowest BCUT2D eigenvalue weighted by Crippen LogP contribution is -2.69. The second-order valence-electron chi connectivity index (χ2n) is 6.51. The fraction of sp³-hybridized carbons (Fsp3) is 0.529. The van der Waals surface area contributed by atoms with Gasteiger partial charge in [-0.15, -0.1) is 0 Å². The van der Waals surface area contributed by atoms with E-state index in [1.165, 1.54) is 0 Å². The largest absolute Gasteiger partial charge is 0.445 e. The molecule has 21 heavy (non-hydrogen) atoms. The summed E-state index contributed by atoms with van der Waals surface area (Å²) < 4.78 is 5.42. The number of carbonyl (C=O) groups excluding carboxylic acids is 2. The molecule has 1 aromatic carbocycles. The summed E-state index contributed by atoms with van der Waals surface area (Å²) in [7, 11) is 0. The molecule has 1 saturated heterocycles. The first-order valence-electron chi connectivity index (χ1n) is 7.53. The van der Waals surface area contributed by atoms with Crippen LogP contribution in [0.2, 0.25) is 0 Å². The predicted molar refractivity (Wildman–Crippen MR) is 78.6 cm³/mol. The van der Waals surface area contributed by atoms with E-state index in [2.05, 4.69) is 0 Å². The Morgan fingerprint density at radius 3 is 2.76 bits per heavy atom. The number of rotatable bonds is 2. The average Bonchev–Trinajstić information content (AvgIpc) is 2.52. The molecule has 112 valence electrons. The number of ketones is 1. The third-order valence-corrected chi connectivity index (χ3v) is 4.78. The second-order valence-corrected chi connectivity index (χ2v) is 6.51. The van der Waals surface area contributed by atoms with Gasteiger partial charge in [0.1, 0.15) is 12.4 Å². The van der Waals surface area contributed by atoms with Crippen molar-refractivity contribution in [1.82, 2.24) is 4.90 Å². The van der Waals surface area contributed by atoms with Gasteiger partial charge in [-0.1, -0.05) is 44.2 Å². The minimum Gasteiger partial charge on any atom is -0.445 e. The molecule has 1 aliphatic heterocycles. The van der Waals surface area contributed by atoms with E-state index < -0.39 is 5.41 Å². The van der Waals surface area contributed by atoms with E-state index in [1.807, 2.05) is 44.2 Å². The first kappa shape index (κ1) is 14.1. The maximum atomic E-state index is 12.3. The van der Waals surface area contributed by atoms with Crippen molar-refractivity contribution in [3.63, 3.8) is 0 Å². The summed E-state index contributed by atoms with van der Waals surface area (Å²) in [6.45, 7) is 4.83. The smallest absolute Gasteiger partial charge is 0.410 e. The zero-order valence-electron chi connectivity index (χ0n) is 12.5. The van der Waals surface area contributed by atoms with E-state index in [0.717, 1.165) is 18.4 Å². The van der Waals surface area contributed by atoms with Crippen molar-refractivity contribution in [3.8, 4) is 0 Å². The number of likely N-dealkylation sites (tertiary alicyclic amines) is 1. The summed E-state index contributed by atoms with van der Waals surface area (Å²) in [4.78, 5) is 26.2. The molecule has 2 aliphatic rings. The SMILES string of the molecule is CC1(C)C(=O)C2CCCN(C(=O)OCc3ccccc3)C21. The molecule has 2 atom stereocenters. The van der Waals surface area contributed by atoms with E-state index in [-0.39, 0.29) is 30.4 Å². The molecule has 0 radical (unpaired) electrons. The van der Waals surface area contributed by atoms with Crippen LogP contribution in [0, 0.1) is 11.3 Å². The number of amides is 1. The van der Waals surface area contributed by atoms with Crippen LogP contribution in [0.25, 0.3) is 0 Å². The van der Waals surface area contributed by atoms with Gasteiger partial charge in [0, 0.05) is 17.9 Å². The van der Waals surface area contributed by atoms with Gasteiger partial charge in [-0.05, 0) is 18.4 Å². The number of piperidine rings is 1. The van der Waals surface area contributed by atoms with Gasteiger partial charge in [0.2, 0.25) is 0 Å². The van der Waals surface area contributed by atoms with E-state index in [0.29, 0.717) is 6.54 Å². The lowest BCUT2D eigenvalue weighted by molar-refractivity contribution is -0.159. The molecule has 4 nitrogen and oxygen atoms in total. The average molecular weight is 287 g/mol. The monoisotopic (exact) mass is 287 g/mol. The van der Waals surface area contributed by atoms with Crippen LogP contribution in [0.5, 0.6) is 0 Å². The van der Waals surface area contributed by atoms with Crippen LogP contribution >= 0.6 is 0 Å². The predicted octanol–water partition coefficient (Wildman–Crippen LogP) is 3.01. The number of hydrogen-bond acceptors (Lipinski definition) is 3. The summed E-state index contributed by atoms with van der Waals surface area (Å²) in [5.74, 6) is 0.297. The third kappa shape index (κ3) is 2.33. The highest BCUT2D eigenvalue weighted by Crippen LogP contribution is 2.49. The number of nitrogens with zero attached hydrogens (tertiary/aromatic N) is 1. The minimum atomic E-state index is -0.434. The summed E-state index contributed by atoms with van der Waals surface area (Å²) in [6, 6.07) is 9.65. The highest BCUT2D eigenvalue weighted by atomic mass is 16.6. The van der Waals surface area contributed by atoms with Gasteiger partial charge in [-0.3, -0.25) is 4.79 Å². The van der Waals surface area contributed by atoms with Gasteiger partial charge in [-0.25, -0.2) is 4.79 Å². The molecule has 3 rings (SSSR count). The molecular formula is C17H21NO3. The zero-order valence-corrected chi connectivity index (χ0v) is 12.5. The maximum absolute atomic E-state index is 12.3. The highest BCUT2D eigenvalue weighted by molar-refractivity contribution is 5.95. The van der Waals surface area contributed by atoms with E-state index in [9.17, 15) is 9.59 Å². The standard InChI is InChI=1S/C17H21NO3/c1-17(2)14-13(15(17)19)9-6-10-18(14)16(20)21-11-12-7-4-3-5-8-12/h3-5,7-8,13-14H,6,9-11H2,1-2H3. The first-order chi connectivity index (χ1) is 10.0. The Bertz CT molecular complexity index is 552. The quantitative estimate of drug-likeness (QED) is 0.840. The Balaban J connectivity index is 1.65. The summed E-state index contributed by atoms with van der Waals surface area (Å²) >= 11 is 0. The number of carbonyl (C=O) groups is 2. The molecule has 1 amide bonds. The fourth-order valence-corrected chi connectivity index (χ4v) is 3.70. The summed E-state index contributed by atoms with van der Waals surface area (Å²) in [5, 5.41) is 0. The minimum absolute atomic E-state index is 0.00187. The van der Waals surface area contributed by atoms with Gasteiger partial charge in [0.25, 0.3) is 0 Å². The van der Waals surface area contributed by atoms with Crippen molar-refractivity contribution in [1.29, 1.82) is 0 Å². The van der Waals surface area contributed by atoms with Crippen LogP contribution in [0.15, 0.2) is 30.3 Å². The Labute approximate surface area is 125 Å². The highest BCUT2D eigenvalue weighted by Gasteiger charge is 2.60. The molecule has 1 heterocycles. The van der Waals surface area contributed by atoms with Gasteiger partial charge < -0.3 is 9.64 Å². The molecule has 4 heteroatoms. The molecule has 0 spiro atoms. The number of fused-ring (bicyclic) bond motifs is 1. The number of benzene rings is 1.